The summed E-state index contributed by atoms with van der Waals surface area (Å²) in [6.07, 6.45) is 0.368. The zero-order chi connectivity index (χ0) is 22.1. The fraction of sp³-hybridized carbons (Fsp3) is 0.455. The van der Waals surface area contributed by atoms with Crippen LogP contribution in [-0.2, 0) is 19.4 Å². The van der Waals surface area contributed by atoms with Gasteiger partial charge in [0.25, 0.3) is 5.91 Å². The van der Waals surface area contributed by atoms with Gasteiger partial charge in [0.1, 0.15) is 0 Å². The average Bonchev–Trinajstić information content (AvgIpc) is 3.19. The maximum absolute atomic E-state index is 13.0. The number of hydrogen-bond acceptors (Lipinski definition) is 5. The van der Waals surface area contributed by atoms with E-state index in [1.165, 1.54) is 4.90 Å². The highest BCUT2D eigenvalue weighted by Crippen LogP contribution is 2.25. The Hall–Kier alpha value is -2.61. The van der Waals surface area contributed by atoms with Gasteiger partial charge in [-0.1, -0.05) is 18.2 Å². The standard InChI is InChI=1S/C22H28N2O5S/c1-15(2)23-16(3)12-20(17(23)4)22(26)29-13-21(25)24(18-8-6-5-7-9-18)19-10-11-30(27,28)14-19/h5-9,12,15,19H,10-11,13-14H2,1-4H3/t19-/m1/s1. The van der Waals surface area contributed by atoms with Gasteiger partial charge in [0.15, 0.2) is 16.4 Å². The molecule has 1 aromatic carbocycles. The van der Waals surface area contributed by atoms with Gasteiger partial charge in [0, 0.05) is 23.1 Å². The van der Waals surface area contributed by atoms with Gasteiger partial charge < -0.3 is 14.2 Å². The number of esters is 1. The zero-order valence-corrected chi connectivity index (χ0v) is 18.6. The summed E-state index contributed by atoms with van der Waals surface area (Å²) in [7, 11) is -3.18. The van der Waals surface area contributed by atoms with Crippen molar-refractivity contribution in [3.05, 3.63) is 53.3 Å². The van der Waals surface area contributed by atoms with E-state index in [9.17, 15) is 18.0 Å². The summed E-state index contributed by atoms with van der Waals surface area (Å²) in [5.74, 6) is -1.03. The highest BCUT2D eigenvalue weighted by molar-refractivity contribution is 7.91. The third-order valence-electron chi connectivity index (χ3n) is 5.42. The molecule has 1 fully saturated rings. The predicted molar refractivity (Wildman–Crippen MR) is 116 cm³/mol. The molecular formula is C22H28N2O5S. The van der Waals surface area contributed by atoms with Gasteiger partial charge in [-0.2, -0.15) is 0 Å². The van der Waals surface area contributed by atoms with Crippen molar-refractivity contribution >= 4 is 27.4 Å². The van der Waals surface area contributed by atoms with Gasteiger partial charge in [-0.25, -0.2) is 13.2 Å². The summed E-state index contributed by atoms with van der Waals surface area (Å²) in [4.78, 5) is 27.1. The SMILES string of the molecule is Cc1cc(C(=O)OCC(=O)N(c2ccccc2)[C@@H]2CCS(=O)(=O)C2)c(C)n1C(C)C. The van der Waals surface area contributed by atoms with Crippen LogP contribution in [0.5, 0.6) is 0 Å². The molecule has 2 aromatic rings. The molecule has 0 bridgehead atoms. The van der Waals surface area contributed by atoms with Crippen LogP contribution in [0.15, 0.2) is 36.4 Å². The van der Waals surface area contributed by atoms with Gasteiger partial charge in [0.05, 0.1) is 23.1 Å². The summed E-state index contributed by atoms with van der Waals surface area (Å²) in [6, 6.07) is 10.4. The molecule has 1 aliphatic rings. The Balaban J connectivity index is 1.77. The molecule has 1 atom stereocenters. The van der Waals surface area contributed by atoms with Crippen molar-refractivity contribution in [3.8, 4) is 0 Å². The van der Waals surface area contributed by atoms with Crippen LogP contribution in [0.25, 0.3) is 0 Å². The minimum Gasteiger partial charge on any atom is -0.452 e. The monoisotopic (exact) mass is 432 g/mol. The van der Waals surface area contributed by atoms with Crippen LogP contribution in [-0.4, -0.2) is 49.0 Å². The molecule has 2 heterocycles. The number of benzene rings is 1. The first kappa shape index (κ1) is 22.1. The van der Waals surface area contributed by atoms with Crippen molar-refractivity contribution in [3.63, 3.8) is 0 Å². The maximum Gasteiger partial charge on any atom is 0.340 e. The number of carbonyl (C=O) groups excluding carboxylic acids is 2. The van der Waals surface area contributed by atoms with Gasteiger partial charge in [0.2, 0.25) is 0 Å². The van der Waals surface area contributed by atoms with Crippen LogP contribution in [0.4, 0.5) is 5.69 Å². The Morgan fingerprint density at radius 2 is 1.87 bits per heavy atom. The van der Waals surface area contributed by atoms with Crippen molar-refractivity contribution in [2.24, 2.45) is 0 Å². The van der Waals surface area contributed by atoms with Crippen LogP contribution in [0.2, 0.25) is 0 Å². The molecule has 0 radical (unpaired) electrons. The van der Waals surface area contributed by atoms with E-state index in [1.54, 1.807) is 30.3 Å². The summed E-state index contributed by atoms with van der Waals surface area (Å²) < 4.78 is 31.3. The quantitative estimate of drug-likeness (QED) is 0.655. The summed E-state index contributed by atoms with van der Waals surface area (Å²) in [5, 5.41) is 0. The van der Waals surface area contributed by atoms with E-state index in [4.69, 9.17) is 4.74 Å². The van der Waals surface area contributed by atoms with Crippen molar-refractivity contribution in [1.29, 1.82) is 0 Å². The predicted octanol–water partition coefficient (Wildman–Crippen LogP) is 3.06. The van der Waals surface area contributed by atoms with E-state index in [0.717, 1.165) is 11.4 Å². The van der Waals surface area contributed by atoms with E-state index < -0.39 is 34.4 Å². The lowest BCUT2D eigenvalue weighted by atomic mass is 10.2. The number of carbonyl (C=O) groups is 2. The summed E-state index contributed by atoms with van der Waals surface area (Å²) in [5.41, 5.74) is 2.77. The normalized spacial score (nSPS) is 17.8. The number of amides is 1. The number of ether oxygens (including phenoxy) is 1. The summed E-state index contributed by atoms with van der Waals surface area (Å²) in [6.45, 7) is 7.39. The fourth-order valence-corrected chi connectivity index (χ4v) is 5.88. The van der Waals surface area contributed by atoms with Gasteiger partial charge in [-0.3, -0.25) is 4.79 Å². The molecule has 1 aliphatic heterocycles. The number of aromatic nitrogens is 1. The second-order valence-corrected chi connectivity index (χ2v) is 10.2. The number of nitrogens with zero attached hydrogens (tertiary/aromatic N) is 2. The first-order valence-electron chi connectivity index (χ1n) is 10.0. The third kappa shape index (κ3) is 4.59. The van der Waals surface area contributed by atoms with Gasteiger partial charge >= 0.3 is 5.97 Å². The highest BCUT2D eigenvalue weighted by atomic mass is 32.2. The van der Waals surface area contributed by atoms with Crippen LogP contribution in [0.1, 0.15) is 48.1 Å². The molecule has 1 saturated heterocycles. The van der Waals surface area contributed by atoms with E-state index in [2.05, 4.69) is 0 Å². The molecule has 162 valence electrons. The molecule has 0 saturated carbocycles. The molecular weight excluding hydrogens is 404 g/mol. The number of rotatable bonds is 6. The van der Waals surface area contributed by atoms with E-state index in [-0.39, 0.29) is 17.5 Å². The van der Waals surface area contributed by atoms with E-state index >= 15 is 0 Å². The van der Waals surface area contributed by atoms with E-state index in [0.29, 0.717) is 17.7 Å². The highest BCUT2D eigenvalue weighted by Gasteiger charge is 2.36. The topological polar surface area (TPSA) is 85.7 Å². The molecule has 0 aliphatic carbocycles. The van der Waals surface area contributed by atoms with E-state index in [1.807, 2.05) is 38.3 Å². The number of sulfone groups is 1. The number of hydrogen-bond donors (Lipinski definition) is 0. The second kappa shape index (κ2) is 8.63. The van der Waals surface area contributed by atoms with Crippen molar-refractivity contribution in [1.82, 2.24) is 4.57 Å². The minimum absolute atomic E-state index is 0.0509. The Bertz CT molecular complexity index is 1040. The van der Waals surface area contributed by atoms with Crippen molar-refractivity contribution in [2.45, 2.75) is 46.2 Å². The number of aryl methyl sites for hydroxylation is 1. The van der Waals surface area contributed by atoms with Crippen LogP contribution >= 0.6 is 0 Å². The van der Waals surface area contributed by atoms with Crippen LogP contribution < -0.4 is 4.90 Å². The maximum atomic E-state index is 13.0. The molecule has 0 unspecified atom stereocenters. The van der Waals surface area contributed by atoms with Crippen molar-refractivity contribution in [2.75, 3.05) is 23.0 Å². The number of para-hydroxylation sites is 1. The number of anilines is 1. The largest absolute Gasteiger partial charge is 0.452 e. The lowest BCUT2D eigenvalue weighted by molar-refractivity contribution is -0.122. The average molecular weight is 433 g/mol. The van der Waals surface area contributed by atoms with Crippen molar-refractivity contribution < 1.29 is 22.7 Å². The molecule has 30 heavy (non-hydrogen) atoms. The Labute approximate surface area is 177 Å². The molecule has 1 amide bonds. The Kier molecular flexibility index (Phi) is 6.36. The molecule has 0 spiro atoms. The van der Waals surface area contributed by atoms with Gasteiger partial charge in [-0.05, 0) is 52.3 Å². The van der Waals surface area contributed by atoms with Crippen LogP contribution in [0, 0.1) is 13.8 Å². The third-order valence-corrected chi connectivity index (χ3v) is 7.17. The smallest absolute Gasteiger partial charge is 0.340 e. The Morgan fingerprint density at radius 1 is 1.20 bits per heavy atom. The Morgan fingerprint density at radius 3 is 2.40 bits per heavy atom. The second-order valence-electron chi connectivity index (χ2n) is 7.98. The molecule has 7 nitrogen and oxygen atoms in total. The zero-order valence-electron chi connectivity index (χ0n) is 17.8. The lowest BCUT2D eigenvalue weighted by Crippen LogP contribution is -2.43. The summed E-state index contributed by atoms with van der Waals surface area (Å²) >= 11 is 0. The van der Waals surface area contributed by atoms with Gasteiger partial charge in [-0.15, -0.1) is 0 Å². The molecule has 1 aromatic heterocycles. The first-order chi connectivity index (χ1) is 14.1. The molecule has 8 heteroatoms. The van der Waals surface area contributed by atoms with Crippen LogP contribution in [0.3, 0.4) is 0 Å². The lowest BCUT2D eigenvalue weighted by Gasteiger charge is -2.28. The minimum atomic E-state index is -3.18. The fourth-order valence-electron chi connectivity index (χ4n) is 4.18. The molecule has 3 rings (SSSR count). The first-order valence-corrected chi connectivity index (χ1v) is 11.9. The molecule has 0 N–H and O–H groups in total.